The van der Waals surface area contributed by atoms with Crippen LogP contribution in [0, 0.1) is 0 Å². The predicted molar refractivity (Wildman–Crippen MR) is 68.6 cm³/mol. The molecule has 1 unspecified atom stereocenters. The summed E-state index contributed by atoms with van der Waals surface area (Å²) in [6.45, 7) is 6.01. The lowest BCUT2D eigenvalue weighted by Gasteiger charge is -2.27. The molecule has 0 aliphatic heterocycles. The summed E-state index contributed by atoms with van der Waals surface area (Å²) in [5.74, 6) is -0.865. The van der Waals surface area contributed by atoms with Crippen molar-refractivity contribution in [2.45, 2.75) is 51.6 Å². The highest BCUT2D eigenvalue weighted by molar-refractivity contribution is 5.75. The molecule has 6 nitrogen and oxygen atoms in total. The van der Waals surface area contributed by atoms with Crippen molar-refractivity contribution in [3.8, 4) is 0 Å². The van der Waals surface area contributed by atoms with Gasteiger partial charge in [0, 0.05) is 19.1 Å². The number of amides is 2. The number of aliphatic carboxylic acids is 1. The Hall–Kier alpha value is -1.30. The van der Waals surface area contributed by atoms with Crippen molar-refractivity contribution in [2.24, 2.45) is 0 Å². The first-order valence-corrected chi connectivity index (χ1v) is 6.10. The second-order valence-electron chi connectivity index (χ2n) is 4.94. The third-order valence-electron chi connectivity index (χ3n) is 2.61. The number of carboxylic acid groups (broad SMARTS) is 1. The van der Waals surface area contributed by atoms with Crippen LogP contribution < -0.4 is 10.6 Å². The quantitative estimate of drug-likeness (QED) is 0.615. The Balaban J connectivity index is 4.15. The molecule has 0 rings (SSSR count). The molecule has 0 aromatic carbocycles. The lowest BCUT2D eigenvalue weighted by atomic mass is 9.99. The molecule has 0 spiro atoms. The van der Waals surface area contributed by atoms with Gasteiger partial charge in [0.05, 0.1) is 12.6 Å². The standard InChI is InChI=1S/C12H24N2O4/c1-5-9(8-18-4)13-11(17)14-12(2,3)7-6-10(15)16/h9H,5-8H2,1-4H3,(H,15,16)(H2,13,14,17). The van der Waals surface area contributed by atoms with Gasteiger partial charge in [0.1, 0.15) is 0 Å². The van der Waals surface area contributed by atoms with E-state index in [-0.39, 0.29) is 18.5 Å². The molecule has 1 atom stereocenters. The van der Waals surface area contributed by atoms with Crippen LogP contribution in [0.3, 0.4) is 0 Å². The number of ether oxygens (including phenoxy) is 1. The van der Waals surface area contributed by atoms with Gasteiger partial charge in [-0.25, -0.2) is 4.79 Å². The van der Waals surface area contributed by atoms with Crippen LogP contribution in [0.4, 0.5) is 4.79 Å². The van der Waals surface area contributed by atoms with E-state index in [1.807, 2.05) is 6.92 Å². The molecule has 0 aromatic rings. The summed E-state index contributed by atoms with van der Waals surface area (Å²) in [5, 5.41) is 14.2. The highest BCUT2D eigenvalue weighted by atomic mass is 16.5. The van der Waals surface area contributed by atoms with Gasteiger partial charge in [-0.1, -0.05) is 6.92 Å². The molecule has 2 amide bonds. The van der Waals surface area contributed by atoms with Gasteiger partial charge in [0.2, 0.25) is 0 Å². The largest absolute Gasteiger partial charge is 0.481 e. The highest BCUT2D eigenvalue weighted by Gasteiger charge is 2.22. The molecule has 0 bridgehead atoms. The molecule has 6 heteroatoms. The van der Waals surface area contributed by atoms with Crippen molar-refractivity contribution in [2.75, 3.05) is 13.7 Å². The third-order valence-corrected chi connectivity index (χ3v) is 2.61. The SMILES string of the molecule is CCC(COC)NC(=O)NC(C)(C)CCC(=O)O. The van der Waals surface area contributed by atoms with E-state index in [1.54, 1.807) is 21.0 Å². The number of carbonyl (C=O) groups is 2. The van der Waals surface area contributed by atoms with E-state index < -0.39 is 11.5 Å². The van der Waals surface area contributed by atoms with Crippen molar-refractivity contribution in [1.82, 2.24) is 10.6 Å². The summed E-state index contributed by atoms with van der Waals surface area (Å²) < 4.78 is 4.98. The number of methoxy groups -OCH3 is 1. The third kappa shape index (κ3) is 7.89. The maximum atomic E-state index is 11.7. The van der Waals surface area contributed by atoms with Crippen molar-refractivity contribution >= 4 is 12.0 Å². The molecular weight excluding hydrogens is 236 g/mol. The Morgan fingerprint density at radius 1 is 1.39 bits per heavy atom. The first-order chi connectivity index (χ1) is 8.30. The molecule has 0 fully saturated rings. The van der Waals surface area contributed by atoms with E-state index in [2.05, 4.69) is 10.6 Å². The smallest absolute Gasteiger partial charge is 0.315 e. The molecule has 106 valence electrons. The van der Waals surface area contributed by atoms with Crippen LogP contribution in [-0.4, -0.2) is 42.4 Å². The maximum Gasteiger partial charge on any atom is 0.315 e. The van der Waals surface area contributed by atoms with Crippen LogP contribution in [0.1, 0.15) is 40.0 Å². The zero-order valence-electron chi connectivity index (χ0n) is 11.6. The van der Waals surface area contributed by atoms with E-state index in [0.717, 1.165) is 6.42 Å². The van der Waals surface area contributed by atoms with E-state index in [9.17, 15) is 9.59 Å². The molecule has 0 aliphatic carbocycles. The molecule has 0 saturated carbocycles. The molecular formula is C12H24N2O4. The first-order valence-electron chi connectivity index (χ1n) is 6.10. The molecule has 0 aromatic heterocycles. The van der Waals surface area contributed by atoms with E-state index in [4.69, 9.17) is 9.84 Å². The molecule has 0 saturated heterocycles. The average Bonchev–Trinajstić information content (AvgIpc) is 2.25. The van der Waals surface area contributed by atoms with Crippen molar-refractivity contribution in [1.29, 1.82) is 0 Å². The second kappa shape index (κ2) is 7.92. The zero-order chi connectivity index (χ0) is 14.2. The summed E-state index contributed by atoms with van der Waals surface area (Å²) >= 11 is 0. The number of nitrogens with one attached hydrogen (secondary N) is 2. The van der Waals surface area contributed by atoms with Gasteiger partial charge in [-0.05, 0) is 26.7 Å². The van der Waals surface area contributed by atoms with Gasteiger partial charge in [-0.2, -0.15) is 0 Å². The average molecular weight is 260 g/mol. The number of rotatable bonds is 8. The molecule has 0 heterocycles. The Morgan fingerprint density at radius 3 is 2.44 bits per heavy atom. The summed E-state index contributed by atoms with van der Waals surface area (Å²) in [7, 11) is 1.58. The van der Waals surface area contributed by atoms with E-state index in [1.165, 1.54) is 0 Å². The van der Waals surface area contributed by atoms with Crippen LogP contribution in [0.5, 0.6) is 0 Å². The first kappa shape index (κ1) is 16.7. The van der Waals surface area contributed by atoms with Gasteiger partial charge in [0.15, 0.2) is 0 Å². The van der Waals surface area contributed by atoms with Gasteiger partial charge in [-0.3, -0.25) is 4.79 Å². The van der Waals surface area contributed by atoms with Crippen LogP contribution in [0.25, 0.3) is 0 Å². The molecule has 0 radical (unpaired) electrons. The Bertz CT molecular complexity index is 279. The zero-order valence-corrected chi connectivity index (χ0v) is 11.6. The number of carboxylic acids is 1. The van der Waals surface area contributed by atoms with Gasteiger partial charge in [-0.15, -0.1) is 0 Å². The second-order valence-corrected chi connectivity index (χ2v) is 4.94. The van der Waals surface area contributed by atoms with Crippen LogP contribution in [-0.2, 0) is 9.53 Å². The van der Waals surface area contributed by atoms with Crippen molar-refractivity contribution < 1.29 is 19.4 Å². The molecule has 0 aliphatic rings. The van der Waals surface area contributed by atoms with Crippen LogP contribution >= 0.6 is 0 Å². The molecule has 3 N–H and O–H groups in total. The van der Waals surface area contributed by atoms with Crippen LogP contribution in [0.2, 0.25) is 0 Å². The summed E-state index contributed by atoms with van der Waals surface area (Å²) in [6, 6.07) is -0.334. The van der Waals surface area contributed by atoms with E-state index >= 15 is 0 Å². The van der Waals surface area contributed by atoms with Crippen LogP contribution in [0.15, 0.2) is 0 Å². The molecule has 18 heavy (non-hydrogen) atoms. The van der Waals surface area contributed by atoms with Crippen molar-refractivity contribution in [3.63, 3.8) is 0 Å². The number of urea groups is 1. The summed E-state index contributed by atoms with van der Waals surface area (Å²) in [5.41, 5.74) is -0.548. The van der Waals surface area contributed by atoms with Gasteiger partial charge >= 0.3 is 12.0 Å². The van der Waals surface area contributed by atoms with Gasteiger partial charge in [0.25, 0.3) is 0 Å². The topological polar surface area (TPSA) is 87.7 Å². The Kier molecular flexibility index (Phi) is 7.35. The fraction of sp³-hybridized carbons (Fsp3) is 0.833. The fourth-order valence-corrected chi connectivity index (χ4v) is 1.47. The van der Waals surface area contributed by atoms with Crippen molar-refractivity contribution in [3.05, 3.63) is 0 Å². The fourth-order valence-electron chi connectivity index (χ4n) is 1.47. The Labute approximate surface area is 108 Å². The van der Waals surface area contributed by atoms with Gasteiger partial charge < -0.3 is 20.5 Å². The minimum Gasteiger partial charge on any atom is -0.481 e. The monoisotopic (exact) mass is 260 g/mol. The maximum absolute atomic E-state index is 11.7. The lowest BCUT2D eigenvalue weighted by Crippen LogP contribution is -2.51. The minimum atomic E-state index is -0.865. The van der Waals surface area contributed by atoms with E-state index in [0.29, 0.717) is 13.0 Å². The highest BCUT2D eigenvalue weighted by Crippen LogP contribution is 2.11. The minimum absolute atomic E-state index is 0.0303. The predicted octanol–water partition coefficient (Wildman–Crippen LogP) is 1.35. The number of hydrogen-bond donors (Lipinski definition) is 3. The normalized spacial score (nSPS) is 12.9. The number of hydrogen-bond acceptors (Lipinski definition) is 3. The Morgan fingerprint density at radius 2 is 2.00 bits per heavy atom. The number of carbonyl (C=O) groups excluding carboxylic acids is 1. The lowest BCUT2D eigenvalue weighted by molar-refractivity contribution is -0.137. The summed E-state index contributed by atoms with van der Waals surface area (Å²) in [4.78, 5) is 22.2. The summed E-state index contributed by atoms with van der Waals surface area (Å²) in [6.07, 6.45) is 1.19.